The number of hydrogen-bond acceptors (Lipinski definition) is 2. The fourth-order valence-corrected chi connectivity index (χ4v) is 4.47. The molecule has 3 nitrogen and oxygen atoms in total. The summed E-state index contributed by atoms with van der Waals surface area (Å²) in [7, 11) is -3.37. The van der Waals surface area contributed by atoms with Gasteiger partial charge in [0.2, 0.25) is 10.0 Å². The highest BCUT2D eigenvalue weighted by molar-refractivity contribution is 7.89. The van der Waals surface area contributed by atoms with Crippen molar-refractivity contribution in [1.82, 2.24) is 4.31 Å². The normalized spacial score (nSPS) is 17.6. The van der Waals surface area contributed by atoms with Crippen LogP contribution in [0.4, 0.5) is 0 Å². The van der Waals surface area contributed by atoms with Crippen molar-refractivity contribution in [2.24, 2.45) is 5.41 Å². The molecule has 0 spiro atoms. The van der Waals surface area contributed by atoms with Gasteiger partial charge >= 0.3 is 0 Å². The lowest BCUT2D eigenvalue weighted by Crippen LogP contribution is -2.57. The number of hydrogen-bond donors (Lipinski definition) is 0. The maximum absolute atomic E-state index is 12.6. The molecule has 0 aromatic heterocycles. The van der Waals surface area contributed by atoms with E-state index in [0.29, 0.717) is 18.0 Å². The van der Waals surface area contributed by atoms with Crippen LogP contribution in [0, 0.1) is 12.3 Å². The summed E-state index contributed by atoms with van der Waals surface area (Å²) < 4.78 is 26.9. The third-order valence-electron chi connectivity index (χ3n) is 4.20. The lowest BCUT2D eigenvalue weighted by molar-refractivity contribution is 0.0759. The Bertz CT molecular complexity index is 662. The fourth-order valence-electron chi connectivity index (χ4n) is 2.80. The Morgan fingerprint density at radius 2 is 1.82 bits per heavy atom. The third kappa shape index (κ3) is 3.50. The van der Waals surface area contributed by atoms with E-state index in [0.717, 1.165) is 18.4 Å². The van der Waals surface area contributed by atoms with E-state index in [4.69, 9.17) is 0 Å². The summed E-state index contributed by atoms with van der Waals surface area (Å²) in [6, 6.07) is 7.06. The van der Waals surface area contributed by atoms with E-state index in [9.17, 15) is 8.42 Å². The van der Waals surface area contributed by atoms with Crippen molar-refractivity contribution < 1.29 is 8.42 Å². The van der Waals surface area contributed by atoms with Crippen molar-refractivity contribution in [2.75, 3.05) is 13.1 Å². The molecule has 0 bridgehead atoms. The van der Waals surface area contributed by atoms with Crippen LogP contribution in [0.1, 0.15) is 32.3 Å². The summed E-state index contributed by atoms with van der Waals surface area (Å²) in [6.45, 7) is 11.1. The van der Waals surface area contributed by atoms with Gasteiger partial charge in [0.1, 0.15) is 0 Å². The molecule has 1 fully saturated rings. The molecule has 1 aromatic rings. The Kier molecular flexibility index (Phi) is 4.93. The van der Waals surface area contributed by atoms with Crippen LogP contribution in [0.3, 0.4) is 0 Å². The van der Waals surface area contributed by atoms with Gasteiger partial charge in [-0.25, -0.2) is 8.42 Å². The SMILES string of the molecule is C=CCC1(CC=C(C)C)CN(S(=O)(=O)c2ccc(C)cc2)C1. The maximum atomic E-state index is 12.6. The second-order valence-corrected chi connectivity index (χ2v) is 8.50. The zero-order valence-electron chi connectivity index (χ0n) is 13.7. The summed E-state index contributed by atoms with van der Waals surface area (Å²) in [5.74, 6) is 0. The molecule has 1 aromatic carbocycles. The summed E-state index contributed by atoms with van der Waals surface area (Å²) in [5.41, 5.74) is 2.34. The molecule has 0 N–H and O–H groups in total. The lowest BCUT2D eigenvalue weighted by atomic mass is 9.75. The van der Waals surface area contributed by atoms with Gasteiger partial charge in [0, 0.05) is 18.5 Å². The van der Waals surface area contributed by atoms with E-state index in [1.54, 1.807) is 16.4 Å². The van der Waals surface area contributed by atoms with Gasteiger partial charge in [-0.05, 0) is 45.7 Å². The number of nitrogens with zero attached hydrogens (tertiary/aromatic N) is 1. The van der Waals surface area contributed by atoms with Gasteiger partial charge in [-0.2, -0.15) is 4.31 Å². The Balaban J connectivity index is 2.14. The topological polar surface area (TPSA) is 37.4 Å². The number of aryl methyl sites for hydroxylation is 1. The molecule has 22 heavy (non-hydrogen) atoms. The zero-order chi connectivity index (χ0) is 16.4. The smallest absolute Gasteiger partial charge is 0.207 e. The number of sulfonamides is 1. The zero-order valence-corrected chi connectivity index (χ0v) is 14.5. The number of rotatable bonds is 6. The van der Waals surface area contributed by atoms with Crippen LogP contribution in [-0.4, -0.2) is 25.8 Å². The highest BCUT2D eigenvalue weighted by Crippen LogP contribution is 2.41. The van der Waals surface area contributed by atoms with Crippen molar-refractivity contribution >= 4 is 10.0 Å². The van der Waals surface area contributed by atoms with Crippen molar-refractivity contribution in [3.05, 3.63) is 54.1 Å². The molecule has 0 radical (unpaired) electrons. The van der Waals surface area contributed by atoms with Crippen LogP contribution >= 0.6 is 0 Å². The van der Waals surface area contributed by atoms with Gasteiger partial charge in [0.25, 0.3) is 0 Å². The molecule has 2 rings (SSSR count). The molecule has 0 amide bonds. The van der Waals surface area contributed by atoms with Crippen LogP contribution < -0.4 is 0 Å². The molecule has 1 heterocycles. The highest BCUT2D eigenvalue weighted by atomic mass is 32.2. The average Bonchev–Trinajstić information content (AvgIpc) is 2.41. The van der Waals surface area contributed by atoms with Crippen molar-refractivity contribution in [1.29, 1.82) is 0 Å². The first-order valence-corrected chi connectivity index (χ1v) is 9.04. The van der Waals surface area contributed by atoms with E-state index in [-0.39, 0.29) is 5.41 Å². The van der Waals surface area contributed by atoms with Crippen LogP contribution in [-0.2, 0) is 10.0 Å². The maximum Gasteiger partial charge on any atom is 0.243 e. The summed E-state index contributed by atoms with van der Waals surface area (Å²) >= 11 is 0. The second kappa shape index (κ2) is 6.39. The van der Waals surface area contributed by atoms with Crippen molar-refractivity contribution in [2.45, 2.75) is 38.5 Å². The molecule has 4 heteroatoms. The van der Waals surface area contributed by atoms with Crippen molar-refractivity contribution in [3.8, 4) is 0 Å². The minimum Gasteiger partial charge on any atom is -0.207 e. The van der Waals surface area contributed by atoms with Gasteiger partial charge in [0.15, 0.2) is 0 Å². The van der Waals surface area contributed by atoms with Crippen LogP contribution in [0.25, 0.3) is 0 Å². The molecule has 0 saturated carbocycles. The molecule has 120 valence electrons. The number of benzene rings is 1. The van der Waals surface area contributed by atoms with Gasteiger partial charge in [-0.3, -0.25) is 0 Å². The first kappa shape index (κ1) is 17.0. The van der Waals surface area contributed by atoms with E-state index >= 15 is 0 Å². The largest absolute Gasteiger partial charge is 0.243 e. The summed E-state index contributed by atoms with van der Waals surface area (Å²) in [6.07, 6.45) is 5.84. The minimum atomic E-state index is -3.37. The molecule has 1 saturated heterocycles. The summed E-state index contributed by atoms with van der Waals surface area (Å²) in [5, 5.41) is 0. The Labute approximate surface area is 134 Å². The number of allylic oxidation sites excluding steroid dienone is 3. The van der Waals surface area contributed by atoms with Crippen LogP contribution in [0.2, 0.25) is 0 Å². The predicted octanol–water partition coefficient (Wildman–Crippen LogP) is 3.92. The second-order valence-electron chi connectivity index (χ2n) is 6.56. The molecule has 0 atom stereocenters. The first-order valence-electron chi connectivity index (χ1n) is 7.60. The van der Waals surface area contributed by atoms with Gasteiger partial charge in [0.05, 0.1) is 4.90 Å². The van der Waals surface area contributed by atoms with Crippen molar-refractivity contribution in [3.63, 3.8) is 0 Å². The van der Waals surface area contributed by atoms with Gasteiger partial charge < -0.3 is 0 Å². The van der Waals surface area contributed by atoms with Crippen LogP contribution in [0.15, 0.2) is 53.5 Å². The van der Waals surface area contributed by atoms with E-state index < -0.39 is 10.0 Å². The van der Waals surface area contributed by atoms with E-state index in [1.807, 2.05) is 25.1 Å². The standard InChI is InChI=1S/C18H25NO2S/c1-5-11-18(12-10-15(2)3)13-19(14-18)22(20,21)17-8-6-16(4)7-9-17/h5-10H,1,11-14H2,2-4H3. The molecule has 0 aliphatic carbocycles. The quantitative estimate of drug-likeness (QED) is 0.745. The van der Waals surface area contributed by atoms with Gasteiger partial charge in [-0.1, -0.05) is 35.4 Å². The predicted molar refractivity (Wildman–Crippen MR) is 91.2 cm³/mol. The molecular weight excluding hydrogens is 294 g/mol. The molecule has 1 aliphatic rings. The first-order chi connectivity index (χ1) is 10.3. The molecular formula is C18H25NO2S. The Morgan fingerprint density at radius 3 is 2.32 bits per heavy atom. The monoisotopic (exact) mass is 319 g/mol. The fraction of sp³-hybridized carbons (Fsp3) is 0.444. The summed E-state index contributed by atoms with van der Waals surface area (Å²) in [4.78, 5) is 0.382. The highest BCUT2D eigenvalue weighted by Gasteiger charge is 2.46. The Hall–Kier alpha value is -1.39. The van der Waals surface area contributed by atoms with E-state index in [1.165, 1.54) is 5.57 Å². The average molecular weight is 319 g/mol. The third-order valence-corrected chi connectivity index (χ3v) is 6.01. The minimum absolute atomic E-state index is 0.0107. The Morgan fingerprint density at radius 1 is 1.23 bits per heavy atom. The molecule has 0 unspecified atom stereocenters. The van der Waals surface area contributed by atoms with E-state index in [2.05, 4.69) is 26.5 Å². The lowest BCUT2D eigenvalue weighted by Gasteiger charge is -2.48. The molecule has 1 aliphatic heterocycles. The van der Waals surface area contributed by atoms with Crippen LogP contribution in [0.5, 0.6) is 0 Å². The van der Waals surface area contributed by atoms with Gasteiger partial charge in [-0.15, -0.1) is 6.58 Å².